The fourth-order valence-electron chi connectivity index (χ4n) is 5.95. The van der Waals surface area contributed by atoms with E-state index in [4.69, 9.17) is 14.2 Å². The Morgan fingerprint density at radius 2 is 1.59 bits per heavy atom. The average molecular weight is 769 g/mol. The number of hydrogen-bond acceptors (Lipinski definition) is 9. The Labute approximate surface area is 331 Å². The predicted octanol–water partition coefficient (Wildman–Crippen LogP) is 4.27. The van der Waals surface area contributed by atoms with Crippen molar-refractivity contribution < 1.29 is 80.0 Å². The third-order valence-electron chi connectivity index (χ3n) is 8.72. The van der Waals surface area contributed by atoms with Gasteiger partial charge in [0.1, 0.15) is 11.5 Å². The molecule has 284 valence electrons. The first-order valence-electron chi connectivity index (χ1n) is 16.9. The minimum absolute atomic E-state index is 0. The molecule has 0 radical (unpaired) electrons. The van der Waals surface area contributed by atoms with Gasteiger partial charge in [-0.05, 0) is 83.5 Å². The number of rotatable bonds is 14. The Hall–Kier alpha value is -4.05. The number of benzene rings is 3. The van der Waals surface area contributed by atoms with E-state index >= 15 is 0 Å². The van der Waals surface area contributed by atoms with Crippen LogP contribution in [0.4, 0.5) is 38.0 Å². The molecule has 0 bridgehead atoms. The number of anilines is 2. The smallest absolute Gasteiger partial charge is 0.550 e. The molecule has 0 atom stereocenters. The normalized spacial score (nSPS) is 13.4. The standard InChI is InChI=1S/C38H40F6N4O5.Na/c1-24(2)26-6-9-34(51-3)33(18-26)32-8-7-28(37(39,40)41)17-27(32)23-48(36-45-20-30(21-46-36)47-10-13-52-14-11-47)22-25-15-29(38(42,43)44)19-31(16-25)53-12-4-5-35(49)50;/h6-9,15-21,24H,4-5,10-14,22-23H2,1-3H3,(H,49,50);/q;+1/p-1. The summed E-state index contributed by atoms with van der Waals surface area (Å²) in [6.07, 6.45) is -6.69. The Morgan fingerprint density at radius 1 is 0.907 bits per heavy atom. The number of aromatic nitrogens is 2. The molecule has 1 aromatic heterocycles. The molecule has 1 fully saturated rings. The zero-order valence-corrected chi connectivity index (χ0v) is 32.4. The predicted molar refractivity (Wildman–Crippen MR) is 184 cm³/mol. The van der Waals surface area contributed by atoms with Crippen LogP contribution < -0.4 is 53.9 Å². The van der Waals surface area contributed by atoms with Gasteiger partial charge in [-0.1, -0.05) is 26.0 Å². The molecule has 1 aliphatic rings. The van der Waals surface area contributed by atoms with E-state index in [-0.39, 0.29) is 90.8 Å². The van der Waals surface area contributed by atoms with Gasteiger partial charge in [0.05, 0.1) is 56.1 Å². The Kier molecular flexibility index (Phi) is 14.6. The van der Waals surface area contributed by atoms with Gasteiger partial charge in [-0.3, -0.25) is 0 Å². The number of hydrogen-bond donors (Lipinski definition) is 0. The number of methoxy groups -OCH3 is 1. The zero-order valence-electron chi connectivity index (χ0n) is 30.4. The van der Waals surface area contributed by atoms with Crippen molar-refractivity contribution in [2.45, 2.75) is 58.0 Å². The second-order valence-corrected chi connectivity index (χ2v) is 12.9. The number of carbonyl (C=O) groups excluding carboxylic acids is 1. The molecule has 54 heavy (non-hydrogen) atoms. The van der Waals surface area contributed by atoms with Gasteiger partial charge in [0.2, 0.25) is 5.95 Å². The van der Waals surface area contributed by atoms with Crippen LogP contribution in [-0.4, -0.2) is 56.0 Å². The number of aliphatic carboxylic acids is 1. The van der Waals surface area contributed by atoms with Crippen LogP contribution in [-0.2, 0) is 35.0 Å². The summed E-state index contributed by atoms with van der Waals surface area (Å²) >= 11 is 0. The van der Waals surface area contributed by atoms with Crippen molar-refractivity contribution >= 4 is 17.6 Å². The van der Waals surface area contributed by atoms with E-state index in [1.165, 1.54) is 24.1 Å². The third-order valence-corrected chi connectivity index (χ3v) is 8.72. The average Bonchev–Trinajstić information content (AvgIpc) is 3.12. The maximum Gasteiger partial charge on any atom is 1.00 e. The van der Waals surface area contributed by atoms with Gasteiger partial charge < -0.3 is 33.9 Å². The van der Waals surface area contributed by atoms with E-state index in [1.54, 1.807) is 18.5 Å². The van der Waals surface area contributed by atoms with Crippen molar-refractivity contribution in [1.29, 1.82) is 0 Å². The molecule has 16 heteroatoms. The van der Waals surface area contributed by atoms with Crippen LogP contribution in [0.2, 0.25) is 0 Å². The summed E-state index contributed by atoms with van der Waals surface area (Å²) in [7, 11) is 1.46. The number of carboxylic acids is 1. The van der Waals surface area contributed by atoms with Gasteiger partial charge in [-0.2, -0.15) is 26.3 Å². The fourth-order valence-corrected chi connectivity index (χ4v) is 5.95. The first-order chi connectivity index (χ1) is 25.1. The number of morpholine rings is 1. The van der Waals surface area contributed by atoms with Crippen molar-refractivity contribution in [3.8, 4) is 22.6 Å². The van der Waals surface area contributed by atoms with Gasteiger partial charge >= 0.3 is 41.9 Å². The fraction of sp³-hybridized carbons (Fsp3) is 0.395. The molecule has 9 nitrogen and oxygen atoms in total. The van der Waals surface area contributed by atoms with Crippen LogP contribution in [0.3, 0.4) is 0 Å². The molecule has 0 aliphatic carbocycles. The summed E-state index contributed by atoms with van der Waals surface area (Å²) in [5.74, 6) is -0.915. The largest absolute Gasteiger partial charge is 1.00 e. The van der Waals surface area contributed by atoms with E-state index in [0.29, 0.717) is 48.9 Å². The first kappa shape index (κ1) is 42.7. The van der Waals surface area contributed by atoms with Crippen LogP contribution in [0.25, 0.3) is 11.1 Å². The van der Waals surface area contributed by atoms with Gasteiger partial charge in [0.15, 0.2) is 0 Å². The second-order valence-electron chi connectivity index (χ2n) is 12.9. The molecule has 0 amide bonds. The van der Waals surface area contributed by atoms with Crippen molar-refractivity contribution in [3.05, 3.63) is 94.8 Å². The number of alkyl halides is 6. The van der Waals surface area contributed by atoms with Crippen LogP contribution in [0.15, 0.2) is 67.0 Å². The van der Waals surface area contributed by atoms with Crippen molar-refractivity contribution in [1.82, 2.24) is 9.97 Å². The molecule has 5 rings (SSSR count). The minimum atomic E-state index is -4.77. The summed E-state index contributed by atoms with van der Waals surface area (Å²) in [4.78, 5) is 23.4. The van der Waals surface area contributed by atoms with Gasteiger partial charge in [-0.25, -0.2) is 9.97 Å². The third kappa shape index (κ3) is 11.2. The Bertz CT molecular complexity index is 1870. The molecule has 0 unspecified atom stereocenters. The number of halogens is 6. The van der Waals surface area contributed by atoms with Crippen molar-refractivity contribution in [2.75, 3.05) is 49.8 Å². The summed E-state index contributed by atoms with van der Waals surface area (Å²) < 4.78 is 101. The van der Waals surface area contributed by atoms with E-state index in [1.807, 2.05) is 30.9 Å². The Morgan fingerprint density at radius 3 is 2.20 bits per heavy atom. The quantitative estimate of drug-likeness (QED) is 0.106. The molecular formula is C38H39F6N4NaO5. The van der Waals surface area contributed by atoms with Crippen LogP contribution >= 0.6 is 0 Å². The molecular weight excluding hydrogens is 729 g/mol. The first-order valence-corrected chi connectivity index (χ1v) is 16.9. The van der Waals surface area contributed by atoms with Crippen LogP contribution in [0, 0.1) is 0 Å². The summed E-state index contributed by atoms with van der Waals surface area (Å²) in [6, 6.07) is 11.9. The monoisotopic (exact) mass is 768 g/mol. The number of ether oxygens (including phenoxy) is 3. The van der Waals surface area contributed by atoms with Crippen molar-refractivity contribution in [2.24, 2.45) is 0 Å². The zero-order chi connectivity index (χ0) is 38.3. The van der Waals surface area contributed by atoms with Gasteiger partial charge in [0, 0.05) is 37.7 Å². The van der Waals surface area contributed by atoms with E-state index in [0.717, 1.165) is 29.8 Å². The van der Waals surface area contributed by atoms with Gasteiger partial charge in [-0.15, -0.1) is 0 Å². The minimum Gasteiger partial charge on any atom is -0.550 e. The topological polar surface area (TPSA) is 100 Å². The number of carboxylic acid groups (broad SMARTS) is 1. The summed E-state index contributed by atoms with van der Waals surface area (Å²) in [6.45, 7) is 5.45. The van der Waals surface area contributed by atoms with Crippen molar-refractivity contribution in [3.63, 3.8) is 0 Å². The molecule has 2 heterocycles. The maximum absolute atomic E-state index is 14.2. The molecule has 4 aromatic rings. The van der Waals surface area contributed by atoms with Crippen LogP contribution in [0.5, 0.6) is 11.5 Å². The molecule has 1 saturated heterocycles. The molecule has 0 spiro atoms. The molecule has 1 aliphatic heterocycles. The summed E-state index contributed by atoms with van der Waals surface area (Å²) in [5.41, 5.74) is 0.924. The number of carbonyl (C=O) groups is 1. The molecule has 0 saturated carbocycles. The molecule has 3 aromatic carbocycles. The second kappa shape index (κ2) is 18.5. The molecule has 0 N–H and O–H groups in total. The number of nitrogens with zero attached hydrogens (tertiary/aromatic N) is 4. The van der Waals surface area contributed by atoms with Gasteiger partial charge in [0.25, 0.3) is 0 Å². The SMILES string of the molecule is COc1ccc(C(C)C)cc1-c1ccc(C(F)(F)F)cc1CN(Cc1cc(OCCCC(=O)[O-])cc(C(F)(F)F)c1)c1ncc(N2CCOCC2)cn1.[Na+]. The van der Waals surface area contributed by atoms with E-state index in [9.17, 15) is 36.2 Å². The Balaban J connectivity index is 0.00000650. The summed E-state index contributed by atoms with van der Waals surface area (Å²) in [5, 5.41) is 10.8. The van der Waals surface area contributed by atoms with E-state index in [2.05, 4.69) is 9.97 Å². The maximum atomic E-state index is 14.2. The van der Waals surface area contributed by atoms with Crippen LogP contribution in [0.1, 0.15) is 60.4 Å². The van der Waals surface area contributed by atoms with E-state index < -0.39 is 29.4 Å².